The SMILES string of the molecule is C=CCCC(F)C(=C)S. The Morgan fingerprint density at radius 3 is 2.67 bits per heavy atom. The molecule has 0 saturated carbocycles. The van der Waals surface area contributed by atoms with Crippen LogP contribution in [-0.2, 0) is 0 Å². The lowest BCUT2D eigenvalue weighted by Gasteiger charge is -2.02. The van der Waals surface area contributed by atoms with Crippen LogP contribution in [0.2, 0.25) is 0 Å². The van der Waals surface area contributed by atoms with Gasteiger partial charge < -0.3 is 0 Å². The molecular weight excluding hydrogens is 135 g/mol. The van der Waals surface area contributed by atoms with E-state index < -0.39 is 6.17 Å². The highest BCUT2D eigenvalue weighted by Crippen LogP contribution is 2.13. The van der Waals surface area contributed by atoms with Crippen molar-refractivity contribution in [1.82, 2.24) is 0 Å². The smallest absolute Gasteiger partial charge is 0.130 e. The number of rotatable bonds is 4. The fourth-order valence-corrected chi connectivity index (χ4v) is 0.560. The van der Waals surface area contributed by atoms with Gasteiger partial charge in [0.25, 0.3) is 0 Å². The zero-order chi connectivity index (χ0) is 7.28. The average Bonchev–Trinajstić information content (AvgIpc) is 1.82. The standard InChI is InChI=1S/C7H11FS/c1-3-4-5-7(8)6(2)9/h3,7,9H,1-2,4-5H2. The van der Waals surface area contributed by atoms with Crippen LogP contribution in [0.15, 0.2) is 24.1 Å². The summed E-state index contributed by atoms with van der Waals surface area (Å²) in [5, 5.41) is 0. The lowest BCUT2D eigenvalue weighted by atomic mass is 10.2. The number of allylic oxidation sites excluding steroid dienone is 2. The number of hydrogen-bond donors (Lipinski definition) is 1. The van der Waals surface area contributed by atoms with Gasteiger partial charge in [0.05, 0.1) is 0 Å². The van der Waals surface area contributed by atoms with Gasteiger partial charge >= 0.3 is 0 Å². The Balaban J connectivity index is 3.37. The van der Waals surface area contributed by atoms with E-state index in [9.17, 15) is 4.39 Å². The molecule has 0 aromatic rings. The summed E-state index contributed by atoms with van der Waals surface area (Å²) in [6, 6.07) is 0. The number of hydrogen-bond acceptors (Lipinski definition) is 1. The average molecular weight is 146 g/mol. The van der Waals surface area contributed by atoms with Gasteiger partial charge in [0.1, 0.15) is 6.17 Å². The zero-order valence-corrected chi connectivity index (χ0v) is 6.20. The van der Waals surface area contributed by atoms with E-state index in [1.54, 1.807) is 6.08 Å². The van der Waals surface area contributed by atoms with Crippen molar-refractivity contribution in [2.24, 2.45) is 0 Å². The van der Waals surface area contributed by atoms with E-state index in [2.05, 4.69) is 25.8 Å². The van der Waals surface area contributed by atoms with Crippen LogP contribution in [0.5, 0.6) is 0 Å². The summed E-state index contributed by atoms with van der Waals surface area (Å²) in [4.78, 5) is 0.303. The maximum absolute atomic E-state index is 12.5. The Hall–Kier alpha value is -0.240. The van der Waals surface area contributed by atoms with Crippen molar-refractivity contribution >= 4 is 12.6 Å². The molecule has 0 nitrogen and oxygen atoms in total. The highest BCUT2D eigenvalue weighted by atomic mass is 32.1. The van der Waals surface area contributed by atoms with Gasteiger partial charge in [0, 0.05) is 4.91 Å². The molecule has 0 radical (unpaired) electrons. The van der Waals surface area contributed by atoms with Gasteiger partial charge in [0.2, 0.25) is 0 Å². The summed E-state index contributed by atoms with van der Waals surface area (Å²) in [5.41, 5.74) is 0. The number of alkyl halides is 1. The molecule has 0 aliphatic rings. The van der Waals surface area contributed by atoms with Crippen LogP contribution in [0.3, 0.4) is 0 Å². The first-order valence-electron chi connectivity index (χ1n) is 2.81. The Morgan fingerprint density at radius 2 is 2.33 bits per heavy atom. The third-order valence-corrected chi connectivity index (χ3v) is 1.27. The molecule has 2 heteroatoms. The minimum absolute atomic E-state index is 0.303. The molecule has 9 heavy (non-hydrogen) atoms. The van der Waals surface area contributed by atoms with E-state index in [1.807, 2.05) is 0 Å². The summed E-state index contributed by atoms with van der Waals surface area (Å²) in [5.74, 6) is 0. The van der Waals surface area contributed by atoms with Crippen LogP contribution in [0.1, 0.15) is 12.8 Å². The normalized spacial score (nSPS) is 12.7. The summed E-state index contributed by atoms with van der Waals surface area (Å²) in [6.45, 7) is 6.83. The van der Waals surface area contributed by atoms with Gasteiger partial charge in [-0.3, -0.25) is 0 Å². The quantitative estimate of drug-likeness (QED) is 0.457. The second-order valence-corrected chi connectivity index (χ2v) is 2.40. The molecule has 0 aliphatic heterocycles. The lowest BCUT2D eigenvalue weighted by Crippen LogP contribution is -1.97. The van der Waals surface area contributed by atoms with Crippen molar-refractivity contribution in [3.05, 3.63) is 24.1 Å². The van der Waals surface area contributed by atoms with E-state index in [4.69, 9.17) is 0 Å². The van der Waals surface area contributed by atoms with Gasteiger partial charge in [-0.25, -0.2) is 4.39 Å². The van der Waals surface area contributed by atoms with E-state index in [-0.39, 0.29) is 0 Å². The molecule has 0 saturated heterocycles. The van der Waals surface area contributed by atoms with Crippen LogP contribution in [0, 0.1) is 0 Å². The van der Waals surface area contributed by atoms with Gasteiger partial charge in [-0.1, -0.05) is 12.7 Å². The summed E-state index contributed by atoms with van der Waals surface area (Å²) in [6.07, 6.45) is 1.84. The first-order chi connectivity index (χ1) is 4.18. The van der Waals surface area contributed by atoms with Crippen molar-refractivity contribution in [1.29, 1.82) is 0 Å². The van der Waals surface area contributed by atoms with Crippen molar-refractivity contribution in [2.45, 2.75) is 19.0 Å². The molecule has 0 aliphatic carbocycles. The van der Waals surface area contributed by atoms with Gasteiger partial charge in [0.15, 0.2) is 0 Å². The highest BCUT2D eigenvalue weighted by Gasteiger charge is 2.04. The molecule has 1 unspecified atom stereocenters. The largest absolute Gasteiger partial charge is 0.242 e. The van der Waals surface area contributed by atoms with Crippen molar-refractivity contribution in [3.63, 3.8) is 0 Å². The second-order valence-electron chi connectivity index (χ2n) is 1.82. The van der Waals surface area contributed by atoms with E-state index >= 15 is 0 Å². The summed E-state index contributed by atoms with van der Waals surface area (Å²) >= 11 is 3.76. The molecule has 0 N–H and O–H groups in total. The van der Waals surface area contributed by atoms with Crippen molar-refractivity contribution in [3.8, 4) is 0 Å². The van der Waals surface area contributed by atoms with Crippen LogP contribution in [0.25, 0.3) is 0 Å². The van der Waals surface area contributed by atoms with Gasteiger partial charge in [-0.2, -0.15) is 0 Å². The maximum Gasteiger partial charge on any atom is 0.130 e. The molecular formula is C7H11FS. The van der Waals surface area contributed by atoms with Crippen LogP contribution >= 0.6 is 12.6 Å². The summed E-state index contributed by atoms with van der Waals surface area (Å²) < 4.78 is 12.5. The highest BCUT2D eigenvalue weighted by molar-refractivity contribution is 7.84. The fourth-order valence-electron chi connectivity index (χ4n) is 0.431. The molecule has 52 valence electrons. The van der Waals surface area contributed by atoms with Crippen LogP contribution in [0.4, 0.5) is 4.39 Å². The molecule has 0 fully saturated rings. The third kappa shape index (κ3) is 4.28. The fraction of sp³-hybridized carbons (Fsp3) is 0.429. The Bertz CT molecular complexity index is 109. The van der Waals surface area contributed by atoms with Crippen LogP contribution < -0.4 is 0 Å². The molecule has 0 rings (SSSR count). The monoisotopic (exact) mass is 146 g/mol. The van der Waals surface area contributed by atoms with Crippen molar-refractivity contribution in [2.75, 3.05) is 0 Å². The molecule has 1 atom stereocenters. The predicted octanol–water partition coefficient (Wildman–Crippen LogP) is 2.73. The number of halogens is 1. The van der Waals surface area contributed by atoms with Crippen molar-refractivity contribution < 1.29 is 4.39 Å². The number of thiol groups is 1. The molecule has 0 amide bonds. The van der Waals surface area contributed by atoms with Crippen LogP contribution in [-0.4, -0.2) is 6.17 Å². The Morgan fingerprint density at radius 1 is 1.78 bits per heavy atom. The third-order valence-electron chi connectivity index (χ3n) is 0.986. The topological polar surface area (TPSA) is 0 Å². The van der Waals surface area contributed by atoms with E-state index in [0.29, 0.717) is 17.7 Å². The Labute approximate surface area is 60.9 Å². The molecule has 0 bridgehead atoms. The zero-order valence-electron chi connectivity index (χ0n) is 5.31. The first kappa shape index (κ1) is 8.76. The van der Waals surface area contributed by atoms with E-state index in [1.165, 1.54) is 0 Å². The van der Waals surface area contributed by atoms with E-state index in [0.717, 1.165) is 0 Å². The molecule has 0 spiro atoms. The minimum Gasteiger partial charge on any atom is -0.242 e. The molecule has 0 heterocycles. The Kier molecular flexibility index (Phi) is 4.50. The lowest BCUT2D eigenvalue weighted by molar-refractivity contribution is 0.377. The summed E-state index contributed by atoms with van der Waals surface area (Å²) in [7, 11) is 0. The molecule has 0 aromatic heterocycles. The molecule has 0 aromatic carbocycles. The second kappa shape index (κ2) is 4.62. The maximum atomic E-state index is 12.5. The minimum atomic E-state index is -0.980. The predicted molar refractivity (Wildman–Crippen MR) is 42.5 cm³/mol. The first-order valence-corrected chi connectivity index (χ1v) is 3.26. The van der Waals surface area contributed by atoms with Gasteiger partial charge in [-0.05, 0) is 12.8 Å². The van der Waals surface area contributed by atoms with Gasteiger partial charge in [-0.15, -0.1) is 19.2 Å².